The van der Waals surface area contributed by atoms with E-state index in [1.54, 1.807) is 49.4 Å². The van der Waals surface area contributed by atoms with Crippen LogP contribution in [0.15, 0.2) is 77.7 Å². The van der Waals surface area contributed by atoms with Gasteiger partial charge in [0.2, 0.25) is 0 Å². The van der Waals surface area contributed by atoms with Gasteiger partial charge in [0.05, 0.1) is 19.1 Å². The molecule has 1 amide bonds. The second kappa shape index (κ2) is 9.53. The molecule has 0 spiro atoms. The molecule has 3 aromatic rings. The Hall–Kier alpha value is -3.52. The third kappa shape index (κ3) is 5.35. The number of para-hydroxylation sites is 1. The maximum atomic E-state index is 12.9. The predicted octanol–water partition coefficient (Wildman–Crippen LogP) is 3.78. The zero-order valence-corrected chi connectivity index (χ0v) is 18.3. The summed E-state index contributed by atoms with van der Waals surface area (Å²) < 4.78 is 38.2. The van der Waals surface area contributed by atoms with Crippen LogP contribution in [0.5, 0.6) is 11.5 Å². The topological polar surface area (TPSA) is 84.9 Å². The van der Waals surface area contributed by atoms with Gasteiger partial charge in [-0.05, 0) is 48.5 Å². The molecule has 0 aliphatic heterocycles. The summed E-state index contributed by atoms with van der Waals surface area (Å²) in [4.78, 5) is 14.5. The second-order valence-corrected chi connectivity index (χ2v) is 8.52. The normalized spacial score (nSPS) is 10.9. The molecule has 0 atom stereocenters. The number of rotatable bonds is 8. The Bertz CT molecular complexity index is 1160. The molecular weight excluding hydrogens is 416 g/mol. The van der Waals surface area contributed by atoms with Crippen LogP contribution in [0.1, 0.15) is 15.9 Å². The van der Waals surface area contributed by atoms with E-state index in [2.05, 4.69) is 4.72 Å². The Morgan fingerprint density at radius 1 is 0.935 bits per heavy atom. The van der Waals surface area contributed by atoms with Crippen molar-refractivity contribution in [2.24, 2.45) is 0 Å². The number of hydrogen-bond acceptors (Lipinski definition) is 5. The van der Waals surface area contributed by atoms with Crippen LogP contribution in [0.3, 0.4) is 0 Å². The van der Waals surface area contributed by atoms with Crippen LogP contribution in [-0.4, -0.2) is 40.5 Å². The van der Waals surface area contributed by atoms with Crippen molar-refractivity contribution in [2.45, 2.75) is 11.4 Å². The molecule has 0 heterocycles. The summed E-state index contributed by atoms with van der Waals surface area (Å²) in [5, 5.41) is 0. The first kappa shape index (κ1) is 22.2. The fraction of sp³-hybridized carbons (Fsp3) is 0.174. The molecule has 8 heteroatoms. The van der Waals surface area contributed by atoms with Crippen molar-refractivity contribution in [3.63, 3.8) is 0 Å². The van der Waals surface area contributed by atoms with E-state index in [1.807, 2.05) is 24.3 Å². The lowest BCUT2D eigenvalue weighted by molar-refractivity contribution is 0.0784. The van der Waals surface area contributed by atoms with Crippen molar-refractivity contribution < 1.29 is 22.7 Å². The van der Waals surface area contributed by atoms with E-state index < -0.39 is 10.0 Å². The number of carbonyl (C=O) groups is 1. The van der Waals surface area contributed by atoms with Gasteiger partial charge in [0.25, 0.3) is 15.9 Å². The maximum absolute atomic E-state index is 12.9. The molecule has 0 aliphatic rings. The van der Waals surface area contributed by atoms with E-state index in [0.717, 1.165) is 5.56 Å². The van der Waals surface area contributed by atoms with Gasteiger partial charge in [-0.15, -0.1) is 0 Å². The van der Waals surface area contributed by atoms with Crippen molar-refractivity contribution >= 4 is 21.6 Å². The number of nitrogens with one attached hydrogen (secondary N) is 1. The predicted molar refractivity (Wildman–Crippen MR) is 119 cm³/mol. The lowest BCUT2D eigenvalue weighted by Crippen LogP contribution is -2.26. The first-order chi connectivity index (χ1) is 14.8. The summed E-state index contributed by atoms with van der Waals surface area (Å²) in [7, 11) is 0.969. The maximum Gasteiger partial charge on any atom is 0.261 e. The minimum absolute atomic E-state index is 0.0957. The van der Waals surface area contributed by atoms with E-state index in [1.165, 1.54) is 25.3 Å². The molecule has 0 unspecified atom stereocenters. The number of carbonyl (C=O) groups excluding carboxylic acids is 1. The van der Waals surface area contributed by atoms with Crippen LogP contribution >= 0.6 is 0 Å². The number of ether oxygens (including phenoxy) is 2. The number of anilines is 1. The van der Waals surface area contributed by atoms with Crippen molar-refractivity contribution in [1.29, 1.82) is 0 Å². The highest BCUT2D eigenvalue weighted by molar-refractivity contribution is 7.92. The summed E-state index contributed by atoms with van der Waals surface area (Å²) in [5.74, 6) is 1.02. The van der Waals surface area contributed by atoms with Crippen molar-refractivity contribution in [2.75, 3.05) is 26.0 Å². The van der Waals surface area contributed by atoms with Gasteiger partial charge in [-0.2, -0.15) is 0 Å². The van der Waals surface area contributed by atoms with Gasteiger partial charge in [-0.3, -0.25) is 9.52 Å². The molecular formula is C23H24N2O5S. The van der Waals surface area contributed by atoms with Crippen molar-refractivity contribution in [1.82, 2.24) is 4.90 Å². The highest BCUT2D eigenvalue weighted by atomic mass is 32.2. The van der Waals surface area contributed by atoms with Crippen molar-refractivity contribution in [3.05, 3.63) is 83.9 Å². The zero-order chi connectivity index (χ0) is 22.4. The summed E-state index contributed by atoms with van der Waals surface area (Å²) in [6, 6.07) is 19.9. The molecule has 3 rings (SSSR count). The van der Waals surface area contributed by atoms with Gasteiger partial charge in [0.1, 0.15) is 11.5 Å². The fourth-order valence-electron chi connectivity index (χ4n) is 3.07. The van der Waals surface area contributed by atoms with Gasteiger partial charge < -0.3 is 14.4 Å². The molecule has 0 bridgehead atoms. The van der Waals surface area contributed by atoms with E-state index in [4.69, 9.17) is 9.47 Å². The first-order valence-corrected chi connectivity index (χ1v) is 11.0. The van der Waals surface area contributed by atoms with Crippen LogP contribution < -0.4 is 14.2 Å². The van der Waals surface area contributed by atoms with Crippen molar-refractivity contribution in [3.8, 4) is 11.5 Å². The number of methoxy groups -OCH3 is 2. The van der Waals surface area contributed by atoms with Gasteiger partial charge in [0, 0.05) is 30.4 Å². The van der Waals surface area contributed by atoms with Gasteiger partial charge >= 0.3 is 0 Å². The van der Waals surface area contributed by atoms with Crippen LogP contribution in [0.4, 0.5) is 5.69 Å². The standard InChI is InChI=1S/C23H24N2O5S/c1-25(16-18-7-4-5-10-22(18)30-3)23(26)17-8-6-9-19(15-17)24-31(27,28)21-13-11-20(29-2)12-14-21/h4-15,24H,16H2,1-3H3. The molecule has 0 fully saturated rings. The number of benzene rings is 3. The number of nitrogens with zero attached hydrogens (tertiary/aromatic N) is 1. The van der Waals surface area contributed by atoms with Crippen LogP contribution in [0, 0.1) is 0 Å². The average Bonchev–Trinajstić information content (AvgIpc) is 2.78. The Kier molecular flexibility index (Phi) is 6.81. The Labute approximate surface area is 182 Å². The minimum Gasteiger partial charge on any atom is -0.497 e. The molecule has 0 aliphatic carbocycles. The molecule has 31 heavy (non-hydrogen) atoms. The zero-order valence-electron chi connectivity index (χ0n) is 17.5. The first-order valence-electron chi connectivity index (χ1n) is 9.48. The summed E-state index contributed by atoms with van der Waals surface area (Å²) in [6.07, 6.45) is 0. The van der Waals surface area contributed by atoms with Gasteiger partial charge in [-0.25, -0.2) is 8.42 Å². The number of hydrogen-bond donors (Lipinski definition) is 1. The average molecular weight is 441 g/mol. The molecule has 7 nitrogen and oxygen atoms in total. The van der Waals surface area contributed by atoms with Crippen LogP contribution in [0.25, 0.3) is 0 Å². The Balaban J connectivity index is 1.76. The molecule has 0 saturated carbocycles. The van der Waals surface area contributed by atoms with Crippen LogP contribution in [-0.2, 0) is 16.6 Å². The quantitative estimate of drug-likeness (QED) is 0.576. The number of sulfonamides is 1. The summed E-state index contributed by atoms with van der Waals surface area (Å²) in [5.41, 5.74) is 1.54. The molecule has 3 aromatic carbocycles. The Morgan fingerprint density at radius 2 is 1.65 bits per heavy atom. The highest BCUT2D eigenvalue weighted by Crippen LogP contribution is 2.22. The summed E-state index contributed by atoms with van der Waals surface area (Å²) in [6.45, 7) is 0.352. The molecule has 0 aromatic heterocycles. The van der Waals surface area contributed by atoms with E-state index >= 15 is 0 Å². The van der Waals surface area contributed by atoms with Gasteiger partial charge in [-0.1, -0.05) is 24.3 Å². The fourth-order valence-corrected chi connectivity index (χ4v) is 4.12. The molecule has 0 saturated heterocycles. The smallest absolute Gasteiger partial charge is 0.261 e. The van der Waals surface area contributed by atoms with Gasteiger partial charge in [0.15, 0.2) is 0 Å². The number of amides is 1. The molecule has 162 valence electrons. The lowest BCUT2D eigenvalue weighted by atomic mass is 10.1. The third-order valence-electron chi connectivity index (χ3n) is 4.68. The monoisotopic (exact) mass is 440 g/mol. The highest BCUT2D eigenvalue weighted by Gasteiger charge is 2.17. The SMILES string of the molecule is COc1ccc(S(=O)(=O)Nc2cccc(C(=O)N(C)Cc3ccccc3OC)c2)cc1. The van der Waals surface area contributed by atoms with Crippen LogP contribution in [0.2, 0.25) is 0 Å². The largest absolute Gasteiger partial charge is 0.497 e. The van der Waals surface area contributed by atoms with E-state index in [0.29, 0.717) is 29.3 Å². The minimum atomic E-state index is -3.81. The summed E-state index contributed by atoms with van der Waals surface area (Å²) >= 11 is 0. The molecule has 1 N–H and O–H groups in total. The Morgan fingerprint density at radius 3 is 2.32 bits per heavy atom. The molecule has 0 radical (unpaired) electrons. The lowest BCUT2D eigenvalue weighted by Gasteiger charge is -2.19. The van der Waals surface area contributed by atoms with E-state index in [-0.39, 0.29) is 10.8 Å². The van der Waals surface area contributed by atoms with E-state index in [9.17, 15) is 13.2 Å². The second-order valence-electron chi connectivity index (χ2n) is 6.83. The third-order valence-corrected chi connectivity index (χ3v) is 6.08.